The fraction of sp³-hybridized carbons (Fsp3) is 0.345. The second-order valence-electron chi connectivity index (χ2n) is 10.2. The molecule has 1 aliphatic rings. The maximum absolute atomic E-state index is 14.3. The van der Waals surface area contributed by atoms with E-state index in [4.69, 9.17) is 0 Å². The lowest BCUT2D eigenvalue weighted by molar-refractivity contribution is 0.0754. The van der Waals surface area contributed by atoms with Crippen molar-refractivity contribution >= 4 is 16.9 Å². The Balaban J connectivity index is 1.50. The Morgan fingerprint density at radius 3 is 2.39 bits per heavy atom. The minimum absolute atomic E-state index is 0.0453. The van der Waals surface area contributed by atoms with Crippen LogP contribution in [0.15, 0.2) is 65.7 Å². The molecule has 0 N–H and O–H groups in total. The lowest BCUT2D eigenvalue weighted by Gasteiger charge is -2.32. The predicted octanol–water partition coefficient (Wildman–Crippen LogP) is 4.78. The summed E-state index contributed by atoms with van der Waals surface area (Å²) in [6.07, 6.45) is 4.78. The molecule has 9 heteroatoms. The first kappa shape index (κ1) is 25.8. The lowest BCUT2D eigenvalue weighted by Crippen LogP contribution is -2.38. The van der Waals surface area contributed by atoms with Gasteiger partial charge in [-0.05, 0) is 68.7 Å². The number of amides is 1. The third-order valence-corrected chi connectivity index (χ3v) is 7.44. The van der Waals surface area contributed by atoms with Crippen LogP contribution in [0.5, 0.6) is 0 Å². The molecule has 1 amide bonds. The number of rotatable bonds is 6. The molecule has 0 atom stereocenters. The van der Waals surface area contributed by atoms with Gasteiger partial charge in [0.2, 0.25) is 0 Å². The van der Waals surface area contributed by atoms with Crippen molar-refractivity contribution in [2.45, 2.75) is 45.3 Å². The number of nitrogens with zero attached hydrogens (tertiary/aromatic N) is 5. The van der Waals surface area contributed by atoms with E-state index < -0.39 is 5.82 Å². The quantitative estimate of drug-likeness (QED) is 0.368. The molecule has 3 heterocycles. The largest absolute Gasteiger partial charge is 0.339 e. The van der Waals surface area contributed by atoms with Crippen molar-refractivity contribution < 1.29 is 13.6 Å². The van der Waals surface area contributed by atoms with Crippen LogP contribution >= 0.6 is 0 Å². The number of imidazole rings is 1. The van der Waals surface area contributed by atoms with Crippen molar-refractivity contribution in [3.8, 4) is 5.69 Å². The van der Waals surface area contributed by atoms with Crippen LogP contribution < -0.4 is 5.69 Å². The first-order valence-electron chi connectivity index (χ1n) is 12.9. The number of carbonyl (C=O) groups is 1. The van der Waals surface area contributed by atoms with Crippen LogP contribution in [0.3, 0.4) is 0 Å². The second-order valence-corrected chi connectivity index (χ2v) is 10.2. The average Bonchev–Trinajstić information content (AvgIpc) is 3.21. The molecule has 0 spiro atoms. The molecule has 38 heavy (non-hydrogen) atoms. The fourth-order valence-electron chi connectivity index (χ4n) is 5.14. The minimum atomic E-state index is -0.544. The highest BCUT2D eigenvalue weighted by atomic mass is 19.1. The maximum Gasteiger partial charge on any atom is 0.334 e. The van der Waals surface area contributed by atoms with Crippen molar-refractivity contribution in [2.75, 3.05) is 20.1 Å². The highest BCUT2D eigenvalue weighted by molar-refractivity contribution is 5.98. The standard InChI is InChI=1S/C29H31F2N5O2/c1-19(2)33(3)28(37)24-16-22(31)8-9-25(24)36-27-17-32-13-10-26(27)35(29(36)38)23-11-14-34(15-12-23)18-20-4-6-21(30)7-5-20/h4-10,13,16-17,19,23H,11-12,14-15,18H2,1-3H3. The maximum atomic E-state index is 14.3. The number of pyridine rings is 1. The molecular formula is C29H31F2N5O2. The molecule has 0 unspecified atom stereocenters. The molecule has 0 radical (unpaired) electrons. The van der Waals surface area contributed by atoms with E-state index in [-0.39, 0.29) is 35.1 Å². The SMILES string of the molecule is CC(C)N(C)C(=O)c1cc(F)ccc1-n1c(=O)n(C2CCN(Cc3ccc(F)cc3)CC2)c2ccncc21. The number of fused-ring (bicyclic) bond motifs is 1. The van der Waals surface area contributed by atoms with E-state index in [0.29, 0.717) is 11.2 Å². The summed E-state index contributed by atoms with van der Waals surface area (Å²) in [6.45, 7) is 6.04. The summed E-state index contributed by atoms with van der Waals surface area (Å²) in [5.74, 6) is -1.16. The normalized spacial score (nSPS) is 14.9. The Morgan fingerprint density at radius 1 is 1.03 bits per heavy atom. The number of benzene rings is 2. The molecule has 5 rings (SSSR count). The number of likely N-dealkylation sites (tertiary alicyclic amines) is 1. The second kappa shape index (κ2) is 10.5. The summed E-state index contributed by atoms with van der Waals surface area (Å²) in [5.41, 5.74) is 2.52. The topological polar surface area (TPSA) is 63.4 Å². The number of piperidine rings is 1. The molecule has 0 bridgehead atoms. The third-order valence-electron chi connectivity index (χ3n) is 7.44. The van der Waals surface area contributed by atoms with Crippen LogP contribution in [0.25, 0.3) is 16.7 Å². The molecule has 0 saturated carbocycles. The highest BCUT2D eigenvalue weighted by Gasteiger charge is 2.28. The Hall–Kier alpha value is -3.85. The van der Waals surface area contributed by atoms with Crippen LogP contribution in [0.1, 0.15) is 48.7 Å². The molecule has 4 aromatic rings. The molecule has 1 fully saturated rings. The van der Waals surface area contributed by atoms with Gasteiger partial charge in [0.25, 0.3) is 5.91 Å². The van der Waals surface area contributed by atoms with Gasteiger partial charge in [0, 0.05) is 45.0 Å². The molecular weight excluding hydrogens is 488 g/mol. The van der Waals surface area contributed by atoms with Crippen molar-refractivity contribution in [1.82, 2.24) is 23.9 Å². The van der Waals surface area contributed by atoms with Gasteiger partial charge < -0.3 is 4.90 Å². The summed E-state index contributed by atoms with van der Waals surface area (Å²) in [6, 6.07) is 12.1. The number of halogens is 2. The van der Waals surface area contributed by atoms with Crippen LogP contribution in [0, 0.1) is 11.6 Å². The van der Waals surface area contributed by atoms with Gasteiger partial charge >= 0.3 is 5.69 Å². The molecule has 1 saturated heterocycles. The predicted molar refractivity (Wildman–Crippen MR) is 142 cm³/mol. The monoisotopic (exact) mass is 519 g/mol. The van der Waals surface area contributed by atoms with Crippen molar-refractivity contribution in [2.24, 2.45) is 0 Å². The van der Waals surface area contributed by atoms with Crippen LogP contribution in [-0.4, -0.2) is 56.0 Å². The minimum Gasteiger partial charge on any atom is -0.339 e. The van der Waals surface area contributed by atoms with E-state index in [2.05, 4.69) is 9.88 Å². The van der Waals surface area contributed by atoms with Crippen molar-refractivity contribution in [3.05, 3.63) is 94.2 Å². The van der Waals surface area contributed by atoms with E-state index in [1.54, 1.807) is 36.1 Å². The number of hydrogen-bond acceptors (Lipinski definition) is 4. The zero-order chi connectivity index (χ0) is 27.0. The molecule has 198 valence electrons. The van der Waals surface area contributed by atoms with Gasteiger partial charge in [0.05, 0.1) is 28.5 Å². The summed E-state index contributed by atoms with van der Waals surface area (Å²) in [4.78, 5) is 35.3. The number of carbonyl (C=O) groups excluding carboxylic acids is 1. The smallest absolute Gasteiger partial charge is 0.334 e. The van der Waals surface area contributed by atoms with E-state index in [0.717, 1.165) is 43.6 Å². The van der Waals surface area contributed by atoms with Gasteiger partial charge in [0.15, 0.2) is 0 Å². The fourth-order valence-corrected chi connectivity index (χ4v) is 5.14. The van der Waals surface area contributed by atoms with Crippen LogP contribution in [0.2, 0.25) is 0 Å². The van der Waals surface area contributed by atoms with Crippen LogP contribution in [-0.2, 0) is 6.54 Å². The number of hydrogen-bond donors (Lipinski definition) is 0. The van der Waals surface area contributed by atoms with E-state index in [9.17, 15) is 18.4 Å². The molecule has 2 aromatic carbocycles. The van der Waals surface area contributed by atoms with Crippen molar-refractivity contribution in [3.63, 3.8) is 0 Å². The Kier molecular flexibility index (Phi) is 7.12. The third kappa shape index (κ3) is 4.86. The first-order chi connectivity index (χ1) is 18.2. The molecule has 7 nitrogen and oxygen atoms in total. The zero-order valence-electron chi connectivity index (χ0n) is 21.8. The summed E-state index contributed by atoms with van der Waals surface area (Å²) in [7, 11) is 1.66. The summed E-state index contributed by atoms with van der Waals surface area (Å²) < 4.78 is 30.8. The van der Waals surface area contributed by atoms with Gasteiger partial charge in [-0.2, -0.15) is 0 Å². The Morgan fingerprint density at radius 2 is 1.71 bits per heavy atom. The Bertz CT molecular complexity index is 1520. The van der Waals surface area contributed by atoms with Crippen LogP contribution in [0.4, 0.5) is 8.78 Å². The van der Waals surface area contributed by atoms with Gasteiger partial charge in [-0.1, -0.05) is 12.1 Å². The number of aromatic nitrogens is 3. The first-order valence-corrected chi connectivity index (χ1v) is 12.9. The highest BCUT2D eigenvalue weighted by Crippen LogP contribution is 2.29. The van der Waals surface area contributed by atoms with E-state index in [1.165, 1.54) is 39.8 Å². The summed E-state index contributed by atoms with van der Waals surface area (Å²) in [5, 5.41) is 0. The van der Waals surface area contributed by atoms with Crippen molar-refractivity contribution in [1.29, 1.82) is 0 Å². The Labute approximate surface area is 219 Å². The average molecular weight is 520 g/mol. The lowest BCUT2D eigenvalue weighted by atomic mass is 10.0. The van der Waals surface area contributed by atoms with E-state index >= 15 is 0 Å². The molecule has 0 aliphatic carbocycles. The van der Waals surface area contributed by atoms with E-state index in [1.807, 2.05) is 19.9 Å². The molecule has 1 aliphatic heterocycles. The van der Waals surface area contributed by atoms with Gasteiger partial charge in [0.1, 0.15) is 11.6 Å². The molecule has 2 aromatic heterocycles. The van der Waals surface area contributed by atoms with Gasteiger partial charge in [-0.3, -0.25) is 23.8 Å². The van der Waals surface area contributed by atoms with Gasteiger partial charge in [-0.25, -0.2) is 13.6 Å². The zero-order valence-corrected chi connectivity index (χ0v) is 21.8. The summed E-state index contributed by atoms with van der Waals surface area (Å²) >= 11 is 0. The van der Waals surface area contributed by atoms with Gasteiger partial charge in [-0.15, -0.1) is 0 Å².